The van der Waals surface area contributed by atoms with Crippen LogP contribution in [-0.2, 0) is 9.84 Å². The molecule has 0 radical (unpaired) electrons. The van der Waals surface area contributed by atoms with Crippen LogP contribution < -0.4 is 5.32 Å². The van der Waals surface area contributed by atoms with Crippen molar-refractivity contribution in [1.82, 2.24) is 15.5 Å². The van der Waals surface area contributed by atoms with Crippen LogP contribution in [0.3, 0.4) is 0 Å². The van der Waals surface area contributed by atoms with Crippen molar-refractivity contribution >= 4 is 26.8 Å². The van der Waals surface area contributed by atoms with Crippen molar-refractivity contribution in [3.8, 4) is 0 Å². The second-order valence-corrected chi connectivity index (χ2v) is 7.55. The Morgan fingerprint density at radius 3 is 3.05 bits per heavy atom. The maximum absolute atomic E-state index is 12.1. The van der Waals surface area contributed by atoms with Crippen LogP contribution in [0.5, 0.6) is 0 Å². The number of rotatable bonds is 3. The summed E-state index contributed by atoms with van der Waals surface area (Å²) in [5.74, 6) is 0.0817. The highest BCUT2D eigenvalue weighted by Crippen LogP contribution is 2.18. The Kier molecular flexibility index (Phi) is 3.40. The summed E-state index contributed by atoms with van der Waals surface area (Å²) in [5, 5.41) is 7.25. The molecule has 3 rings (SSSR count). The highest BCUT2D eigenvalue weighted by Gasteiger charge is 2.28. The van der Waals surface area contributed by atoms with E-state index in [-0.39, 0.29) is 23.3 Å². The standard InChI is InChI=1S/C13H15N3O4S/c1-8-11-4-10(6-15-13(11)20-16-8)12(17)14-5-9-2-3-21(18,19)7-9/h4,6,9H,2-3,5,7H2,1H3,(H,14,17)/t9-/m1/s1. The number of amides is 1. The smallest absolute Gasteiger partial charge is 0.257 e. The molecule has 1 amide bonds. The molecule has 1 fully saturated rings. The predicted octanol–water partition coefficient (Wildman–Crippen LogP) is 0.696. The Bertz CT molecular complexity index is 797. The van der Waals surface area contributed by atoms with Crippen molar-refractivity contribution in [1.29, 1.82) is 0 Å². The Balaban J connectivity index is 1.68. The van der Waals surface area contributed by atoms with E-state index in [0.717, 1.165) is 0 Å². The third kappa shape index (κ3) is 2.90. The van der Waals surface area contributed by atoms with Crippen molar-refractivity contribution in [2.24, 2.45) is 5.92 Å². The van der Waals surface area contributed by atoms with E-state index in [9.17, 15) is 13.2 Å². The van der Waals surface area contributed by atoms with Crippen LogP contribution in [0.1, 0.15) is 22.5 Å². The number of pyridine rings is 1. The van der Waals surface area contributed by atoms with Gasteiger partial charge in [0.05, 0.1) is 28.1 Å². The third-order valence-electron chi connectivity index (χ3n) is 3.65. The minimum atomic E-state index is -2.92. The molecular weight excluding hydrogens is 294 g/mol. The maximum atomic E-state index is 12.1. The number of hydrogen-bond donors (Lipinski definition) is 1. The minimum absolute atomic E-state index is 0.00651. The number of carbonyl (C=O) groups is 1. The molecular formula is C13H15N3O4S. The van der Waals surface area contributed by atoms with Gasteiger partial charge in [-0.05, 0) is 25.3 Å². The molecule has 0 saturated carbocycles. The average molecular weight is 309 g/mol. The van der Waals surface area contributed by atoms with Crippen molar-refractivity contribution < 1.29 is 17.7 Å². The summed E-state index contributed by atoms with van der Waals surface area (Å²) >= 11 is 0. The molecule has 21 heavy (non-hydrogen) atoms. The van der Waals surface area contributed by atoms with Gasteiger partial charge in [0.15, 0.2) is 9.84 Å². The normalized spacial score (nSPS) is 20.7. The molecule has 1 N–H and O–H groups in total. The van der Waals surface area contributed by atoms with Gasteiger partial charge in [0, 0.05) is 12.7 Å². The van der Waals surface area contributed by atoms with E-state index < -0.39 is 9.84 Å². The summed E-state index contributed by atoms with van der Waals surface area (Å²) in [5.41, 5.74) is 1.48. The number of nitrogens with one attached hydrogen (secondary N) is 1. The van der Waals surface area contributed by atoms with Gasteiger partial charge < -0.3 is 9.84 Å². The number of sulfone groups is 1. The molecule has 8 heteroatoms. The molecule has 0 unspecified atom stereocenters. The fourth-order valence-electron chi connectivity index (χ4n) is 2.44. The number of aryl methyl sites for hydroxylation is 1. The molecule has 7 nitrogen and oxygen atoms in total. The fraction of sp³-hybridized carbons (Fsp3) is 0.462. The highest BCUT2D eigenvalue weighted by atomic mass is 32.2. The summed E-state index contributed by atoms with van der Waals surface area (Å²) in [4.78, 5) is 16.1. The van der Waals surface area contributed by atoms with E-state index >= 15 is 0 Å². The zero-order valence-corrected chi connectivity index (χ0v) is 12.3. The van der Waals surface area contributed by atoms with Gasteiger partial charge >= 0.3 is 0 Å². The zero-order chi connectivity index (χ0) is 15.0. The van der Waals surface area contributed by atoms with Gasteiger partial charge in [-0.25, -0.2) is 13.4 Å². The molecule has 3 heterocycles. The van der Waals surface area contributed by atoms with Gasteiger partial charge in [0.2, 0.25) is 0 Å². The lowest BCUT2D eigenvalue weighted by atomic mass is 10.1. The van der Waals surface area contributed by atoms with Gasteiger partial charge in [-0.15, -0.1) is 0 Å². The molecule has 0 bridgehead atoms. The topological polar surface area (TPSA) is 102 Å². The molecule has 0 aromatic carbocycles. The molecule has 2 aromatic rings. The van der Waals surface area contributed by atoms with Gasteiger partial charge in [-0.1, -0.05) is 5.16 Å². The van der Waals surface area contributed by atoms with Crippen LogP contribution >= 0.6 is 0 Å². The van der Waals surface area contributed by atoms with Gasteiger partial charge in [-0.2, -0.15) is 0 Å². The monoisotopic (exact) mass is 309 g/mol. The second kappa shape index (κ2) is 5.10. The van der Waals surface area contributed by atoms with Crippen LogP contribution in [0.15, 0.2) is 16.8 Å². The minimum Gasteiger partial charge on any atom is -0.352 e. The van der Waals surface area contributed by atoms with Crippen molar-refractivity contribution in [2.45, 2.75) is 13.3 Å². The van der Waals surface area contributed by atoms with Gasteiger partial charge in [-0.3, -0.25) is 4.79 Å². The van der Waals surface area contributed by atoms with Crippen LogP contribution in [-0.4, -0.2) is 42.5 Å². The molecule has 0 aliphatic carbocycles. The maximum Gasteiger partial charge on any atom is 0.257 e. The van der Waals surface area contributed by atoms with Crippen LogP contribution in [0, 0.1) is 12.8 Å². The van der Waals surface area contributed by atoms with E-state index in [1.807, 2.05) is 0 Å². The Morgan fingerprint density at radius 1 is 1.52 bits per heavy atom. The molecule has 0 spiro atoms. The highest BCUT2D eigenvalue weighted by molar-refractivity contribution is 7.91. The molecule has 1 aliphatic heterocycles. The van der Waals surface area contributed by atoms with Gasteiger partial charge in [0.1, 0.15) is 0 Å². The van der Waals surface area contributed by atoms with Crippen molar-refractivity contribution in [3.63, 3.8) is 0 Å². The summed E-state index contributed by atoms with van der Waals surface area (Å²) in [6.45, 7) is 2.14. The first-order valence-corrected chi connectivity index (χ1v) is 8.47. The third-order valence-corrected chi connectivity index (χ3v) is 5.49. The van der Waals surface area contributed by atoms with E-state index in [1.54, 1.807) is 13.0 Å². The van der Waals surface area contributed by atoms with Crippen molar-refractivity contribution in [3.05, 3.63) is 23.5 Å². The van der Waals surface area contributed by atoms with Gasteiger partial charge in [0.25, 0.3) is 11.6 Å². The molecule has 1 saturated heterocycles. The molecule has 2 aromatic heterocycles. The van der Waals surface area contributed by atoms with Crippen LogP contribution in [0.2, 0.25) is 0 Å². The van der Waals surface area contributed by atoms with E-state index in [2.05, 4.69) is 15.5 Å². The zero-order valence-electron chi connectivity index (χ0n) is 11.5. The first kappa shape index (κ1) is 14.0. The van der Waals surface area contributed by atoms with E-state index in [4.69, 9.17) is 4.52 Å². The van der Waals surface area contributed by atoms with E-state index in [0.29, 0.717) is 35.3 Å². The quantitative estimate of drug-likeness (QED) is 0.895. The lowest BCUT2D eigenvalue weighted by Crippen LogP contribution is -2.29. The fourth-order valence-corrected chi connectivity index (χ4v) is 4.30. The first-order chi connectivity index (χ1) is 9.94. The second-order valence-electron chi connectivity index (χ2n) is 5.32. The van der Waals surface area contributed by atoms with Crippen molar-refractivity contribution in [2.75, 3.05) is 18.1 Å². The predicted molar refractivity (Wildman–Crippen MR) is 75.6 cm³/mol. The number of aromatic nitrogens is 2. The number of fused-ring (bicyclic) bond motifs is 1. The average Bonchev–Trinajstić information content (AvgIpc) is 2.99. The Hall–Kier alpha value is -1.96. The summed E-state index contributed by atoms with van der Waals surface area (Å²) < 4.78 is 27.7. The largest absolute Gasteiger partial charge is 0.352 e. The molecule has 112 valence electrons. The Morgan fingerprint density at radius 2 is 2.33 bits per heavy atom. The lowest BCUT2D eigenvalue weighted by molar-refractivity contribution is 0.0948. The van der Waals surface area contributed by atoms with E-state index in [1.165, 1.54) is 6.20 Å². The first-order valence-electron chi connectivity index (χ1n) is 6.65. The SMILES string of the molecule is Cc1noc2ncc(C(=O)NC[C@H]3CCS(=O)(=O)C3)cc12. The number of carbonyl (C=O) groups excluding carboxylic acids is 1. The summed E-state index contributed by atoms with van der Waals surface area (Å²) in [7, 11) is -2.92. The molecule has 1 atom stereocenters. The van der Waals surface area contributed by atoms with Crippen LogP contribution in [0.4, 0.5) is 0 Å². The van der Waals surface area contributed by atoms with Crippen LogP contribution in [0.25, 0.3) is 11.1 Å². The Labute approximate surface area is 121 Å². The summed E-state index contributed by atoms with van der Waals surface area (Å²) in [6, 6.07) is 1.68. The summed E-state index contributed by atoms with van der Waals surface area (Å²) in [6.07, 6.45) is 2.03. The number of hydrogen-bond acceptors (Lipinski definition) is 6. The number of nitrogens with zero attached hydrogens (tertiary/aromatic N) is 2. The molecule has 1 aliphatic rings. The lowest BCUT2D eigenvalue weighted by Gasteiger charge is -2.09.